The first kappa shape index (κ1) is 7.81. The molecule has 56 valence electrons. The molecule has 0 atom stereocenters. The van der Waals surface area contributed by atoms with E-state index >= 15 is 0 Å². The topological polar surface area (TPSA) is 35.0 Å². The van der Waals surface area contributed by atoms with Crippen molar-refractivity contribution in [2.75, 3.05) is 12.9 Å². The summed E-state index contributed by atoms with van der Waals surface area (Å²) in [5.74, 6) is 1.000. The molecule has 0 aromatic carbocycles. The smallest absolute Gasteiger partial charge is 0.293 e. The third-order valence-electron chi connectivity index (χ3n) is 0.837. The van der Waals surface area contributed by atoms with Crippen LogP contribution in [-0.2, 0) is 0 Å². The molecule has 1 aromatic heterocycles. The van der Waals surface area contributed by atoms with E-state index in [1.807, 2.05) is 0 Å². The summed E-state index contributed by atoms with van der Waals surface area (Å²) in [5.41, 5.74) is 0. The fraction of sp³-hybridized carbons (Fsp3) is 0.600. The van der Waals surface area contributed by atoms with Crippen LogP contribution >= 0.6 is 23.3 Å². The molecule has 1 rings (SSSR count). The Balaban J connectivity index is 2.59. The largest absolute Gasteiger partial charge is 0.472 e. The van der Waals surface area contributed by atoms with Crippen molar-refractivity contribution in [1.82, 2.24) is 9.36 Å². The molecule has 0 aliphatic carbocycles. The highest BCUT2D eigenvalue weighted by molar-refractivity contribution is 7.99. The van der Waals surface area contributed by atoms with Crippen molar-refractivity contribution < 1.29 is 4.74 Å². The van der Waals surface area contributed by atoms with Crippen LogP contribution < -0.4 is 4.74 Å². The fourth-order valence-electron chi connectivity index (χ4n) is 0.468. The Labute approximate surface area is 68.0 Å². The van der Waals surface area contributed by atoms with Gasteiger partial charge in [-0.3, -0.25) is 0 Å². The van der Waals surface area contributed by atoms with Crippen LogP contribution in [-0.4, -0.2) is 22.2 Å². The van der Waals surface area contributed by atoms with Gasteiger partial charge in [-0.15, -0.1) is 0 Å². The SMILES string of the molecule is CCSc1nsc(OC)n1. The Morgan fingerprint density at radius 3 is 3.00 bits per heavy atom. The molecule has 0 saturated heterocycles. The normalized spacial score (nSPS) is 9.80. The van der Waals surface area contributed by atoms with Gasteiger partial charge in [-0.05, 0) is 5.75 Å². The third-order valence-corrected chi connectivity index (χ3v) is 2.36. The Morgan fingerprint density at radius 2 is 2.50 bits per heavy atom. The van der Waals surface area contributed by atoms with Crippen molar-refractivity contribution in [3.63, 3.8) is 0 Å². The number of thioether (sulfide) groups is 1. The highest BCUT2D eigenvalue weighted by Crippen LogP contribution is 2.20. The first-order valence-corrected chi connectivity index (χ1v) is 4.63. The molecule has 0 unspecified atom stereocenters. The highest BCUT2D eigenvalue weighted by Gasteiger charge is 2.01. The molecular weight excluding hydrogens is 168 g/mol. The molecule has 1 aromatic rings. The Morgan fingerprint density at radius 1 is 1.70 bits per heavy atom. The van der Waals surface area contributed by atoms with Crippen LogP contribution in [0.4, 0.5) is 0 Å². The van der Waals surface area contributed by atoms with Crippen LogP contribution in [0.1, 0.15) is 6.92 Å². The molecule has 5 heteroatoms. The van der Waals surface area contributed by atoms with Crippen LogP contribution in [0.25, 0.3) is 0 Å². The molecule has 1 heterocycles. The van der Waals surface area contributed by atoms with E-state index in [-0.39, 0.29) is 0 Å². The predicted octanol–water partition coefficient (Wildman–Crippen LogP) is 1.66. The molecule has 0 bridgehead atoms. The Bertz CT molecular complexity index is 201. The lowest BCUT2D eigenvalue weighted by atomic mass is 11.0. The summed E-state index contributed by atoms with van der Waals surface area (Å²) in [6, 6.07) is 0. The lowest BCUT2D eigenvalue weighted by molar-refractivity contribution is 0.409. The van der Waals surface area contributed by atoms with E-state index in [0.29, 0.717) is 5.19 Å². The number of nitrogens with zero attached hydrogens (tertiary/aromatic N) is 2. The zero-order chi connectivity index (χ0) is 7.40. The summed E-state index contributed by atoms with van der Waals surface area (Å²) in [5, 5.41) is 1.44. The van der Waals surface area contributed by atoms with Gasteiger partial charge in [-0.2, -0.15) is 9.36 Å². The van der Waals surface area contributed by atoms with Crippen LogP contribution in [0.15, 0.2) is 5.16 Å². The predicted molar refractivity (Wildman–Crippen MR) is 42.9 cm³/mol. The number of ether oxygens (including phenoxy) is 1. The summed E-state index contributed by atoms with van der Waals surface area (Å²) in [6.07, 6.45) is 0. The number of rotatable bonds is 3. The minimum atomic E-state index is 0.635. The van der Waals surface area contributed by atoms with Gasteiger partial charge in [0.15, 0.2) is 0 Å². The number of hydrogen-bond donors (Lipinski definition) is 0. The maximum Gasteiger partial charge on any atom is 0.293 e. The maximum atomic E-state index is 4.87. The number of hydrogen-bond acceptors (Lipinski definition) is 5. The molecule has 0 fully saturated rings. The van der Waals surface area contributed by atoms with Gasteiger partial charge < -0.3 is 4.74 Å². The van der Waals surface area contributed by atoms with Gasteiger partial charge in [-0.25, -0.2) is 0 Å². The molecule has 0 spiro atoms. The summed E-state index contributed by atoms with van der Waals surface area (Å²) in [4.78, 5) is 4.07. The quantitative estimate of drug-likeness (QED) is 0.656. The summed E-state index contributed by atoms with van der Waals surface area (Å²) < 4.78 is 8.92. The van der Waals surface area contributed by atoms with Gasteiger partial charge in [-0.1, -0.05) is 18.7 Å². The average Bonchev–Trinajstić information content (AvgIpc) is 2.37. The highest BCUT2D eigenvalue weighted by atomic mass is 32.2. The van der Waals surface area contributed by atoms with Crippen molar-refractivity contribution >= 4 is 23.3 Å². The van der Waals surface area contributed by atoms with Crippen LogP contribution in [0.2, 0.25) is 0 Å². The van der Waals surface area contributed by atoms with Crippen molar-refractivity contribution in [3.8, 4) is 5.19 Å². The number of aromatic nitrogens is 2. The van der Waals surface area contributed by atoms with Crippen LogP contribution in [0.3, 0.4) is 0 Å². The molecule has 0 N–H and O–H groups in total. The maximum absolute atomic E-state index is 4.87. The average molecular weight is 176 g/mol. The van der Waals surface area contributed by atoms with Gasteiger partial charge in [0.05, 0.1) is 7.11 Å². The monoisotopic (exact) mass is 176 g/mol. The van der Waals surface area contributed by atoms with Gasteiger partial charge in [0, 0.05) is 11.5 Å². The molecule has 0 amide bonds. The van der Waals surface area contributed by atoms with Gasteiger partial charge in [0.25, 0.3) is 5.19 Å². The van der Waals surface area contributed by atoms with Crippen molar-refractivity contribution in [2.24, 2.45) is 0 Å². The zero-order valence-corrected chi connectivity index (χ0v) is 7.46. The van der Waals surface area contributed by atoms with E-state index in [9.17, 15) is 0 Å². The van der Waals surface area contributed by atoms with Gasteiger partial charge >= 0.3 is 0 Å². The first-order chi connectivity index (χ1) is 4.86. The molecule has 0 aliphatic heterocycles. The molecule has 0 saturated carbocycles. The third kappa shape index (κ3) is 1.85. The fourth-order valence-corrected chi connectivity index (χ4v) is 1.65. The molecular formula is C5H8N2OS2. The van der Waals surface area contributed by atoms with Crippen LogP contribution in [0, 0.1) is 0 Å². The lowest BCUT2D eigenvalue weighted by Gasteiger charge is -1.86. The number of methoxy groups -OCH3 is 1. The lowest BCUT2D eigenvalue weighted by Crippen LogP contribution is -1.80. The standard InChI is InChI=1S/C5H8N2OS2/c1-3-9-4-6-5(8-2)10-7-4/h3H2,1-2H3. The first-order valence-electron chi connectivity index (χ1n) is 2.87. The Kier molecular flexibility index (Phi) is 2.95. The summed E-state index contributed by atoms with van der Waals surface area (Å²) in [6.45, 7) is 2.07. The van der Waals surface area contributed by atoms with E-state index in [4.69, 9.17) is 4.74 Å². The van der Waals surface area contributed by atoms with Crippen molar-refractivity contribution in [3.05, 3.63) is 0 Å². The van der Waals surface area contributed by atoms with E-state index < -0.39 is 0 Å². The minimum Gasteiger partial charge on any atom is -0.472 e. The Hall–Kier alpha value is -0.290. The van der Waals surface area contributed by atoms with E-state index in [1.54, 1.807) is 18.9 Å². The van der Waals surface area contributed by atoms with Crippen molar-refractivity contribution in [2.45, 2.75) is 12.1 Å². The molecule has 0 radical (unpaired) electrons. The van der Waals surface area contributed by atoms with E-state index in [1.165, 1.54) is 11.5 Å². The van der Waals surface area contributed by atoms with Crippen molar-refractivity contribution in [1.29, 1.82) is 0 Å². The summed E-state index contributed by atoms with van der Waals surface area (Å²) in [7, 11) is 1.60. The van der Waals surface area contributed by atoms with E-state index in [0.717, 1.165) is 10.9 Å². The van der Waals surface area contributed by atoms with E-state index in [2.05, 4.69) is 16.3 Å². The molecule has 0 aliphatic rings. The molecule has 10 heavy (non-hydrogen) atoms. The minimum absolute atomic E-state index is 0.635. The van der Waals surface area contributed by atoms with Gasteiger partial charge in [0.1, 0.15) is 0 Å². The second kappa shape index (κ2) is 3.78. The summed E-state index contributed by atoms with van der Waals surface area (Å²) >= 11 is 2.90. The molecule has 3 nitrogen and oxygen atoms in total. The zero-order valence-electron chi connectivity index (χ0n) is 5.83. The van der Waals surface area contributed by atoms with Crippen LogP contribution in [0.5, 0.6) is 5.19 Å². The second-order valence-electron chi connectivity index (χ2n) is 1.48. The second-order valence-corrected chi connectivity index (χ2v) is 3.43. The van der Waals surface area contributed by atoms with Gasteiger partial charge in [0.2, 0.25) is 5.16 Å².